The first-order chi connectivity index (χ1) is 8.93. The molecule has 0 radical (unpaired) electrons. The highest BCUT2D eigenvalue weighted by molar-refractivity contribution is 5.65. The van der Waals surface area contributed by atoms with Crippen molar-refractivity contribution in [3.63, 3.8) is 0 Å². The van der Waals surface area contributed by atoms with Gasteiger partial charge in [-0.3, -0.25) is 0 Å². The van der Waals surface area contributed by atoms with Crippen LogP contribution < -0.4 is 4.90 Å². The molecule has 3 rings (SSSR count). The van der Waals surface area contributed by atoms with Crippen LogP contribution in [0.2, 0.25) is 0 Å². The molecule has 0 saturated carbocycles. The summed E-state index contributed by atoms with van der Waals surface area (Å²) in [6, 6.07) is 8.72. The zero-order chi connectivity index (χ0) is 13.8. The molecular formula is C17H22N2. The van der Waals surface area contributed by atoms with Gasteiger partial charge in [0.15, 0.2) is 0 Å². The highest BCUT2D eigenvalue weighted by Gasteiger charge is 2.54. The second kappa shape index (κ2) is 3.66. The summed E-state index contributed by atoms with van der Waals surface area (Å²) in [4.78, 5) is 4.67. The lowest BCUT2D eigenvalue weighted by atomic mass is 9.58. The molecule has 2 aliphatic heterocycles. The van der Waals surface area contributed by atoms with Crippen molar-refractivity contribution in [2.75, 3.05) is 11.9 Å². The van der Waals surface area contributed by atoms with Gasteiger partial charge in [0.25, 0.3) is 0 Å². The monoisotopic (exact) mass is 254 g/mol. The summed E-state index contributed by atoms with van der Waals surface area (Å²) >= 11 is 0. The molecule has 0 saturated heterocycles. The third-order valence-electron chi connectivity index (χ3n) is 5.27. The lowest BCUT2D eigenvalue weighted by Gasteiger charge is -2.56. The fourth-order valence-corrected chi connectivity index (χ4v) is 3.66. The average Bonchev–Trinajstić information content (AvgIpc) is 2.79. The molecule has 2 heterocycles. The second-order valence-corrected chi connectivity index (χ2v) is 6.37. The van der Waals surface area contributed by atoms with Crippen LogP contribution in [0.1, 0.15) is 26.3 Å². The second-order valence-electron chi connectivity index (χ2n) is 6.37. The fourth-order valence-electron chi connectivity index (χ4n) is 3.66. The number of para-hydroxylation sites is 1. The highest BCUT2D eigenvalue weighted by atomic mass is 15.4. The van der Waals surface area contributed by atoms with E-state index in [0.717, 1.165) is 0 Å². The Morgan fingerprint density at radius 3 is 2.53 bits per heavy atom. The van der Waals surface area contributed by atoms with Crippen LogP contribution in [0.15, 0.2) is 49.3 Å². The third-order valence-corrected chi connectivity index (χ3v) is 5.27. The van der Waals surface area contributed by atoms with Crippen LogP contribution in [0.25, 0.3) is 0 Å². The predicted molar refractivity (Wildman–Crippen MR) is 80.9 cm³/mol. The van der Waals surface area contributed by atoms with E-state index in [1.165, 1.54) is 11.3 Å². The number of rotatable bonds is 1. The van der Waals surface area contributed by atoms with E-state index in [-0.39, 0.29) is 10.8 Å². The normalized spacial score (nSPS) is 31.1. The summed E-state index contributed by atoms with van der Waals surface area (Å²) in [6.07, 6.45) is 6.77. The first-order valence-corrected chi connectivity index (χ1v) is 6.85. The molecule has 0 N–H and O–H groups in total. The van der Waals surface area contributed by atoms with Crippen molar-refractivity contribution in [3.8, 4) is 0 Å². The SMILES string of the molecule is C=CC1(C)C2N(C)C=CN2c2ccccc2C1(C)C. The summed E-state index contributed by atoms with van der Waals surface area (Å²) in [6.45, 7) is 11.1. The van der Waals surface area contributed by atoms with Gasteiger partial charge < -0.3 is 9.80 Å². The van der Waals surface area contributed by atoms with Gasteiger partial charge in [-0.15, -0.1) is 6.58 Å². The Hall–Kier alpha value is -1.70. The van der Waals surface area contributed by atoms with Gasteiger partial charge in [-0.25, -0.2) is 0 Å². The van der Waals surface area contributed by atoms with Crippen LogP contribution in [-0.2, 0) is 5.41 Å². The van der Waals surface area contributed by atoms with E-state index in [0.29, 0.717) is 6.17 Å². The number of anilines is 1. The Morgan fingerprint density at radius 2 is 1.84 bits per heavy atom. The molecule has 0 bridgehead atoms. The summed E-state index contributed by atoms with van der Waals surface area (Å²) in [5.74, 6) is 0. The van der Waals surface area contributed by atoms with E-state index in [2.05, 4.69) is 86.9 Å². The fraction of sp³-hybridized carbons (Fsp3) is 0.412. The minimum absolute atomic E-state index is 0.0143. The van der Waals surface area contributed by atoms with Gasteiger partial charge in [-0.05, 0) is 11.6 Å². The molecule has 2 aliphatic rings. The highest BCUT2D eigenvalue weighted by Crippen LogP contribution is 2.55. The smallest absolute Gasteiger partial charge is 0.115 e. The third kappa shape index (κ3) is 1.32. The Morgan fingerprint density at radius 1 is 1.16 bits per heavy atom. The molecule has 0 amide bonds. The summed E-state index contributed by atoms with van der Waals surface area (Å²) < 4.78 is 0. The van der Waals surface area contributed by atoms with Crippen LogP contribution in [-0.4, -0.2) is 18.1 Å². The molecule has 0 fully saturated rings. The van der Waals surface area contributed by atoms with Crippen LogP contribution in [0.4, 0.5) is 5.69 Å². The van der Waals surface area contributed by atoms with Crippen molar-refractivity contribution < 1.29 is 0 Å². The van der Waals surface area contributed by atoms with Crippen molar-refractivity contribution in [2.24, 2.45) is 5.41 Å². The van der Waals surface area contributed by atoms with Crippen molar-refractivity contribution in [2.45, 2.75) is 32.4 Å². The van der Waals surface area contributed by atoms with E-state index >= 15 is 0 Å². The number of benzene rings is 1. The average molecular weight is 254 g/mol. The topological polar surface area (TPSA) is 6.48 Å². The molecule has 2 unspecified atom stereocenters. The van der Waals surface area contributed by atoms with Gasteiger partial charge in [0.1, 0.15) is 6.17 Å². The van der Waals surface area contributed by atoms with E-state index < -0.39 is 0 Å². The molecule has 0 aromatic heterocycles. The first-order valence-electron chi connectivity index (χ1n) is 6.85. The van der Waals surface area contributed by atoms with Gasteiger partial charge in [0.2, 0.25) is 0 Å². The molecule has 0 aliphatic carbocycles. The minimum Gasteiger partial charge on any atom is -0.358 e. The van der Waals surface area contributed by atoms with Gasteiger partial charge in [0, 0.05) is 36.0 Å². The van der Waals surface area contributed by atoms with E-state index in [1.54, 1.807) is 0 Å². The molecule has 2 nitrogen and oxygen atoms in total. The van der Waals surface area contributed by atoms with Crippen molar-refractivity contribution in [3.05, 3.63) is 54.9 Å². The minimum atomic E-state index is -0.0143. The zero-order valence-corrected chi connectivity index (χ0v) is 12.2. The number of hydrogen-bond donors (Lipinski definition) is 0. The van der Waals surface area contributed by atoms with Crippen molar-refractivity contribution >= 4 is 5.69 Å². The maximum Gasteiger partial charge on any atom is 0.115 e. The maximum absolute atomic E-state index is 4.14. The van der Waals surface area contributed by atoms with Crippen LogP contribution in [0.3, 0.4) is 0 Å². The Balaban J connectivity index is 2.30. The summed E-state index contributed by atoms with van der Waals surface area (Å²) in [5.41, 5.74) is 2.75. The number of hydrogen-bond acceptors (Lipinski definition) is 2. The van der Waals surface area contributed by atoms with E-state index in [4.69, 9.17) is 0 Å². The standard InChI is InChI=1S/C17H22N2/c1-6-17(4)15-18(5)11-12-19(15)14-10-8-7-9-13(14)16(17,2)3/h6-12,15H,1H2,2-5H3. The van der Waals surface area contributed by atoms with Gasteiger partial charge in [0.05, 0.1) is 0 Å². The molecule has 1 aromatic carbocycles. The number of fused-ring (bicyclic) bond motifs is 3. The molecule has 2 atom stereocenters. The molecule has 19 heavy (non-hydrogen) atoms. The van der Waals surface area contributed by atoms with Crippen molar-refractivity contribution in [1.82, 2.24) is 4.90 Å². The summed E-state index contributed by atoms with van der Waals surface area (Å²) in [7, 11) is 2.15. The first kappa shape index (κ1) is 12.3. The molecule has 1 aromatic rings. The van der Waals surface area contributed by atoms with Crippen LogP contribution in [0, 0.1) is 5.41 Å². The Kier molecular flexibility index (Phi) is 2.38. The summed E-state index contributed by atoms with van der Waals surface area (Å²) in [5, 5.41) is 0. The zero-order valence-electron chi connectivity index (χ0n) is 12.2. The predicted octanol–water partition coefficient (Wildman–Crippen LogP) is 3.72. The maximum atomic E-state index is 4.14. The van der Waals surface area contributed by atoms with Gasteiger partial charge in [-0.2, -0.15) is 0 Å². The van der Waals surface area contributed by atoms with E-state index in [9.17, 15) is 0 Å². The Labute approximate surface area is 116 Å². The van der Waals surface area contributed by atoms with Crippen LogP contribution in [0.5, 0.6) is 0 Å². The Bertz CT molecular complexity index is 558. The largest absolute Gasteiger partial charge is 0.358 e. The quantitative estimate of drug-likeness (QED) is 0.705. The van der Waals surface area contributed by atoms with Gasteiger partial charge in [-0.1, -0.05) is 45.0 Å². The molecule has 100 valence electrons. The molecular weight excluding hydrogens is 232 g/mol. The van der Waals surface area contributed by atoms with Gasteiger partial charge >= 0.3 is 0 Å². The lowest BCUT2D eigenvalue weighted by Crippen LogP contribution is -2.59. The van der Waals surface area contributed by atoms with Crippen molar-refractivity contribution in [1.29, 1.82) is 0 Å². The van der Waals surface area contributed by atoms with Crippen LogP contribution >= 0.6 is 0 Å². The number of nitrogens with zero attached hydrogens (tertiary/aromatic N) is 2. The van der Waals surface area contributed by atoms with E-state index in [1.807, 2.05) is 0 Å². The molecule has 0 spiro atoms. The molecule has 2 heteroatoms. The lowest BCUT2D eigenvalue weighted by molar-refractivity contribution is 0.106.